The van der Waals surface area contributed by atoms with Crippen LogP contribution in [0, 0.1) is 34.5 Å². The lowest BCUT2D eigenvalue weighted by Crippen LogP contribution is -2.66. The van der Waals surface area contributed by atoms with Crippen molar-refractivity contribution in [1.82, 2.24) is 0 Å². The molecule has 0 unspecified atom stereocenters. The first-order chi connectivity index (χ1) is 20.5. The number of carbonyl (C=O) groups is 2. The number of esters is 2. The van der Waals surface area contributed by atoms with E-state index in [1.165, 1.54) is 96.8 Å². The van der Waals surface area contributed by atoms with E-state index in [0.717, 1.165) is 28.4 Å². The molecule has 0 amide bonds. The number of rotatable bonds is 6. The van der Waals surface area contributed by atoms with E-state index in [-0.39, 0.29) is 35.0 Å². The molecule has 0 N–H and O–H groups in total. The minimum atomic E-state index is -0.105. The predicted molar refractivity (Wildman–Crippen MR) is 170 cm³/mol. The third-order valence-corrected chi connectivity index (χ3v) is 14.7. The highest BCUT2D eigenvalue weighted by Gasteiger charge is 2.68. The fraction of sp³-hybridized carbons (Fsp3) is 0.892. The van der Waals surface area contributed by atoms with Crippen molar-refractivity contribution in [3.63, 3.8) is 0 Å². The summed E-state index contributed by atoms with van der Waals surface area (Å²) in [6.45, 7) is 18.4. The molecule has 0 spiro atoms. The van der Waals surface area contributed by atoms with Crippen molar-refractivity contribution in [3.05, 3.63) is 12.7 Å². The van der Waals surface area contributed by atoms with Gasteiger partial charge in [0.2, 0.25) is 0 Å². The normalized spacial score (nSPS) is 45.1. The minimum absolute atomic E-state index is 0.00444. The number of hydrogen-bond acceptors (Lipinski definition) is 4. The third kappa shape index (κ3) is 5.32. The van der Waals surface area contributed by atoms with E-state index >= 15 is 0 Å². The molecule has 6 nitrogen and oxygen atoms in total. The van der Waals surface area contributed by atoms with Crippen molar-refractivity contribution in [1.29, 1.82) is 0 Å². The van der Waals surface area contributed by atoms with Gasteiger partial charge in [-0.05, 0) is 106 Å². The van der Waals surface area contributed by atoms with Gasteiger partial charge in [0.15, 0.2) is 12.2 Å². The minimum Gasteiger partial charge on any atom is -0.456 e. The Morgan fingerprint density at radius 3 is 2.09 bits per heavy atom. The number of fused-ring (bicyclic) bond motifs is 5. The van der Waals surface area contributed by atoms with Crippen molar-refractivity contribution in [3.8, 4) is 0 Å². The molecule has 0 bridgehead atoms. The Hall–Kier alpha value is -1.40. The number of carbonyl (C=O) groups excluding carboxylic acids is 2. The average molecular weight is 599 g/mol. The van der Waals surface area contributed by atoms with E-state index in [1.807, 2.05) is 0 Å². The molecule has 0 aromatic carbocycles. The monoisotopic (exact) mass is 598 g/mol. The molecule has 10 atom stereocenters. The molecule has 0 radical (unpaired) electrons. The first-order valence-corrected chi connectivity index (χ1v) is 18.1. The van der Waals surface area contributed by atoms with E-state index in [9.17, 15) is 9.59 Å². The van der Waals surface area contributed by atoms with E-state index < -0.39 is 0 Å². The lowest BCUT2D eigenvalue weighted by molar-refractivity contribution is -0.952. The fourth-order valence-corrected chi connectivity index (χ4v) is 12.7. The van der Waals surface area contributed by atoms with E-state index in [0.29, 0.717) is 35.8 Å². The van der Waals surface area contributed by atoms with Gasteiger partial charge in [-0.3, -0.25) is 9.59 Å². The molecule has 0 aromatic heterocycles. The van der Waals surface area contributed by atoms with Crippen LogP contribution in [0.25, 0.3) is 0 Å². The molecule has 4 aliphatic carbocycles. The maximum Gasteiger partial charge on any atom is 0.303 e. The Labute approximate surface area is 262 Å². The average Bonchev–Trinajstić information content (AvgIpc) is 3.26. The van der Waals surface area contributed by atoms with Gasteiger partial charge in [0.05, 0.1) is 39.8 Å². The zero-order valence-corrected chi connectivity index (χ0v) is 28.2. The third-order valence-electron chi connectivity index (χ3n) is 14.7. The Bertz CT molecular complexity index is 1060. The summed E-state index contributed by atoms with van der Waals surface area (Å²) in [5.74, 6) is 2.41. The molecule has 0 aromatic rings. The van der Waals surface area contributed by atoms with Crippen LogP contribution in [-0.4, -0.2) is 85.0 Å². The van der Waals surface area contributed by atoms with E-state index in [1.54, 1.807) is 13.8 Å². The molecule has 2 aliphatic heterocycles. The summed E-state index contributed by atoms with van der Waals surface area (Å²) in [7, 11) is 2.47. The van der Waals surface area contributed by atoms with Gasteiger partial charge in [-0.15, -0.1) is 0 Å². The molecule has 6 aliphatic rings. The Morgan fingerprint density at radius 2 is 1.47 bits per heavy atom. The summed E-state index contributed by atoms with van der Waals surface area (Å²) >= 11 is 0. The van der Waals surface area contributed by atoms with Crippen molar-refractivity contribution >= 4 is 11.9 Å². The smallest absolute Gasteiger partial charge is 0.303 e. The molecule has 4 saturated carbocycles. The van der Waals surface area contributed by atoms with Crippen molar-refractivity contribution in [2.75, 3.05) is 39.8 Å². The molecular formula is C37H62N2O4+2. The number of nitrogens with zero attached hydrogens (tertiary/aromatic N) is 2. The number of ether oxygens (including phenoxy) is 2. The quantitative estimate of drug-likeness (QED) is 0.195. The highest BCUT2D eigenvalue weighted by molar-refractivity contribution is 5.66. The summed E-state index contributed by atoms with van der Waals surface area (Å²) < 4.78 is 14.8. The number of likely N-dealkylation sites (N-methyl/N-ethyl adjacent to an activating group) is 1. The molecule has 242 valence electrons. The molecular weight excluding hydrogens is 536 g/mol. The second-order valence-electron chi connectivity index (χ2n) is 16.9. The van der Waals surface area contributed by atoms with Gasteiger partial charge in [-0.1, -0.05) is 20.4 Å². The zero-order chi connectivity index (χ0) is 30.6. The maximum atomic E-state index is 12.7. The summed E-state index contributed by atoms with van der Waals surface area (Å²) in [4.78, 5) is 25.0. The van der Waals surface area contributed by atoms with Gasteiger partial charge in [0.1, 0.15) is 12.1 Å². The summed E-state index contributed by atoms with van der Waals surface area (Å²) in [5, 5.41) is 0. The number of hydrogen-bond donors (Lipinski definition) is 0. The van der Waals surface area contributed by atoms with Crippen LogP contribution in [0.2, 0.25) is 0 Å². The van der Waals surface area contributed by atoms with Crippen LogP contribution in [0.4, 0.5) is 0 Å². The van der Waals surface area contributed by atoms with Gasteiger partial charge in [-0.2, -0.15) is 0 Å². The van der Waals surface area contributed by atoms with Crippen molar-refractivity contribution < 1.29 is 28.0 Å². The standard InChI is InChI=1S/C37H62N2O4/c1-7-18-39(21-12-9-13-22-39)32-24-31-29-15-14-28-23-34(42-26(2)40)33(38(6)19-10-8-11-20-38)25-37(28,5)30(29)16-17-36(31,4)35(32)43-27(3)41/h7,28-35H,1,8-25H2,2-6H3/q+2/t28-,29+,30-,31-,32-,33-,34-,35-,36-,37-/m0/s1. The second-order valence-corrected chi connectivity index (χ2v) is 16.9. The SMILES string of the molecule is C=CC[N+]1([C@H]2C[C@H]3[C@@H]4CC[C@H]5C[C@H](OC(C)=O)[C@@H]([N+]6(C)CCCCC6)C[C@]5(C)[C@H]4CC[C@]3(C)[C@H]2OC(C)=O)CCCCC1. The number of quaternary nitrogens is 2. The molecule has 2 saturated heterocycles. The Morgan fingerprint density at radius 1 is 0.814 bits per heavy atom. The highest BCUT2D eigenvalue weighted by Crippen LogP contribution is 2.68. The van der Waals surface area contributed by atoms with Crippen LogP contribution in [0.1, 0.15) is 111 Å². The Kier molecular flexibility index (Phi) is 8.63. The van der Waals surface area contributed by atoms with Crippen molar-refractivity contribution in [2.24, 2.45) is 34.5 Å². The van der Waals surface area contributed by atoms with Crippen LogP contribution in [-0.2, 0) is 19.1 Å². The Balaban J connectivity index is 1.32. The van der Waals surface area contributed by atoms with E-state index in [2.05, 4.69) is 33.6 Å². The largest absolute Gasteiger partial charge is 0.456 e. The first kappa shape index (κ1) is 31.6. The van der Waals surface area contributed by atoms with Gasteiger partial charge in [-0.25, -0.2) is 0 Å². The zero-order valence-electron chi connectivity index (χ0n) is 28.2. The topological polar surface area (TPSA) is 52.6 Å². The summed E-state index contributed by atoms with van der Waals surface area (Å²) in [5.41, 5.74) is 0.322. The molecule has 6 heteroatoms. The van der Waals surface area contributed by atoms with Crippen LogP contribution in [0.3, 0.4) is 0 Å². The first-order valence-electron chi connectivity index (χ1n) is 18.1. The van der Waals surface area contributed by atoms with Crippen LogP contribution >= 0.6 is 0 Å². The lowest BCUT2D eigenvalue weighted by atomic mass is 9.44. The van der Waals surface area contributed by atoms with E-state index in [4.69, 9.17) is 9.47 Å². The van der Waals surface area contributed by atoms with Gasteiger partial charge in [0, 0.05) is 32.1 Å². The fourth-order valence-electron chi connectivity index (χ4n) is 12.7. The van der Waals surface area contributed by atoms with Gasteiger partial charge >= 0.3 is 11.9 Å². The number of likely N-dealkylation sites (tertiary alicyclic amines) is 2. The predicted octanol–water partition coefficient (Wildman–Crippen LogP) is 6.67. The van der Waals surface area contributed by atoms with Gasteiger partial charge in [0.25, 0.3) is 0 Å². The maximum absolute atomic E-state index is 12.7. The molecule has 6 rings (SSSR count). The van der Waals surface area contributed by atoms with Gasteiger partial charge < -0.3 is 18.4 Å². The van der Waals surface area contributed by atoms with Crippen LogP contribution in [0.15, 0.2) is 12.7 Å². The molecule has 6 fully saturated rings. The second kappa shape index (κ2) is 11.8. The molecule has 43 heavy (non-hydrogen) atoms. The molecule has 2 heterocycles. The number of piperidine rings is 2. The van der Waals surface area contributed by atoms with Crippen LogP contribution in [0.5, 0.6) is 0 Å². The lowest BCUT2D eigenvalue weighted by Gasteiger charge is -2.63. The van der Waals surface area contributed by atoms with Crippen molar-refractivity contribution in [2.45, 2.75) is 135 Å². The van der Waals surface area contributed by atoms with Crippen LogP contribution < -0.4 is 0 Å². The highest BCUT2D eigenvalue weighted by atomic mass is 16.5. The summed E-state index contributed by atoms with van der Waals surface area (Å²) in [6, 6.07) is 0.782. The summed E-state index contributed by atoms with van der Waals surface area (Å²) in [6.07, 6.45) is 18.3.